The summed E-state index contributed by atoms with van der Waals surface area (Å²) in [5, 5.41) is 10.8. The number of nitro benzene ring substituents is 1. The first-order valence-electron chi connectivity index (χ1n) is 5.23. The number of carbonyl (C=O) groups excluding carboxylic acids is 1. The number of nitrogens with zero attached hydrogens (tertiary/aromatic N) is 2. The van der Waals surface area contributed by atoms with Gasteiger partial charge in [0.05, 0.1) is 4.92 Å². The maximum atomic E-state index is 12.0. The van der Waals surface area contributed by atoms with Crippen LogP contribution in [0.2, 0.25) is 0 Å². The van der Waals surface area contributed by atoms with Gasteiger partial charge in [0, 0.05) is 19.2 Å². The van der Waals surface area contributed by atoms with E-state index in [1.165, 1.54) is 12.1 Å². The predicted molar refractivity (Wildman–Crippen MR) is 58.2 cm³/mol. The summed E-state index contributed by atoms with van der Waals surface area (Å²) in [7, 11) is 0. The highest BCUT2D eigenvalue weighted by Crippen LogP contribution is 2.21. The van der Waals surface area contributed by atoms with E-state index in [2.05, 4.69) is 0 Å². The molecule has 0 spiro atoms. The van der Waals surface area contributed by atoms with Crippen LogP contribution in [-0.2, 0) is 0 Å². The van der Waals surface area contributed by atoms with E-state index >= 15 is 0 Å². The van der Waals surface area contributed by atoms with Crippen molar-refractivity contribution < 1.29 is 9.72 Å². The van der Waals surface area contributed by atoms with Gasteiger partial charge in [-0.25, -0.2) is 0 Å². The molecule has 5 heteroatoms. The maximum absolute atomic E-state index is 12.0. The molecule has 0 N–H and O–H groups in total. The first-order valence-corrected chi connectivity index (χ1v) is 5.23. The standard InChI is InChI=1S/C11H12N2O3/c14-11(12-7-3-4-8-12)9-5-1-2-6-10(9)13(15)16/h1-2,5-6H,3-4,7-8H2. The molecule has 1 fully saturated rings. The Morgan fingerprint density at radius 2 is 1.88 bits per heavy atom. The highest BCUT2D eigenvalue weighted by atomic mass is 16.6. The number of amides is 1. The van der Waals surface area contributed by atoms with Crippen LogP contribution in [0.25, 0.3) is 0 Å². The predicted octanol–water partition coefficient (Wildman–Crippen LogP) is 1.83. The van der Waals surface area contributed by atoms with Crippen molar-refractivity contribution in [3.8, 4) is 0 Å². The summed E-state index contributed by atoms with van der Waals surface area (Å²) in [5.41, 5.74) is 0.0776. The molecule has 1 aromatic rings. The molecule has 2 rings (SSSR count). The fourth-order valence-electron chi connectivity index (χ4n) is 1.90. The zero-order valence-electron chi connectivity index (χ0n) is 8.76. The van der Waals surface area contributed by atoms with Crippen molar-refractivity contribution in [3.05, 3.63) is 39.9 Å². The van der Waals surface area contributed by atoms with E-state index in [4.69, 9.17) is 0 Å². The number of likely N-dealkylation sites (tertiary alicyclic amines) is 1. The molecule has 0 atom stereocenters. The van der Waals surface area contributed by atoms with Gasteiger partial charge in [-0.05, 0) is 18.9 Å². The van der Waals surface area contributed by atoms with Crippen molar-refractivity contribution in [2.45, 2.75) is 12.8 Å². The molecule has 0 bridgehead atoms. The van der Waals surface area contributed by atoms with Crippen LogP contribution in [0, 0.1) is 10.1 Å². The first-order chi connectivity index (χ1) is 7.70. The molecule has 1 amide bonds. The van der Waals surface area contributed by atoms with Crippen LogP contribution in [0.15, 0.2) is 24.3 Å². The molecule has 84 valence electrons. The average Bonchev–Trinajstić information content (AvgIpc) is 2.81. The quantitative estimate of drug-likeness (QED) is 0.564. The largest absolute Gasteiger partial charge is 0.338 e. The van der Waals surface area contributed by atoms with Crippen LogP contribution >= 0.6 is 0 Å². The van der Waals surface area contributed by atoms with Gasteiger partial charge in [0.15, 0.2) is 0 Å². The van der Waals surface area contributed by atoms with Crippen LogP contribution in [0.3, 0.4) is 0 Å². The molecule has 1 saturated heterocycles. The normalized spacial score (nSPS) is 15.1. The summed E-state index contributed by atoms with van der Waals surface area (Å²) in [4.78, 5) is 23.9. The molecule has 0 radical (unpaired) electrons. The summed E-state index contributed by atoms with van der Waals surface area (Å²) < 4.78 is 0. The van der Waals surface area contributed by atoms with Gasteiger partial charge in [-0.2, -0.15) is 0 Å². The summed E-state index contributed by atoms with van der Waals surface area (Å²) in [5.74, 6) is -0.232. The Kier molecular flexibility index (Phi) is 2.85. The third-order valence-electron chi connectivity index (χ3n) is 2.72. The molecule has 1 heterocycles. The van der Waals surface area contributed by atoms with Crippen molar-refractivity contribution in [1.82, 2.24) is 4.90 Å². The van der Waals surface area contributed by atoms with Gasteiger partial charge in [0.1, 0.15) is 5.56 Å². The van der Waals surface area contributed by atoms with Crippen molar-refractivity contribution in [2.24, 2.45) is 0 Å². The molecule has 16 heavy (non-hydrogen) atoms. The van der Waals surface area contributed by atoms with Crippen molar-refractivity contribution in [1.29, 1.82) is 0 Å². The van der Waals surface area contributed by atoms with Crippen LogP contribution in [0.1, 0.15) is 23.2 Å². The zero-order valence-corrected chi connectivity index (χ0v) is 8.76. The van der Waals surface area contributed by atoms with Gasteiger partial charge in [-0.15, -0.1) is 0 Å². The summed E-state index contributed by atoms with van der Waals surface area (Å²) in [6.45, 7) is 1.40. The van der Waals surface area contributed by atoms with E-state index in [0.29, 0.717) is 13.1 Å². The highest BCUT2D eigenvalue weighted by Gasteiger charge is 2.25. The Morgan fingerprint density at radius 3 is 2.50 bits per heavy atom. The maximum Gasteiger partial charge on any atom is 0.282 e. The lowest BCUT2D eigenvalue weighted by Gasteiger charge is -2.14. The van der Waals surface area contributed by atoms with E-state index < -0.39 is 4.92 Å². The Bertz CT molecular complexity index is 425. The molecule has 1 aliphatic rings. The third kappa shape index (κ3) is 1.88. The lowest BCUT2D eigenvalue weighted by atomic mass is 10.1. The molecule has 1 aromatic carbocycles. The topological polar surface area (TPSA) is 63.4 Å². The smallest absolute Gasteiger partial charge is 0.282 e. The van der Waals surface area contributed by atoms with E-state index in [9.17, 15) is 14.9 Å². The Morgan fingerprint density at radius 1 is 1.25 bits per heavy atom. The molecular weight excluding hydrogens is 208 g/mol. The van der Waals surface area contributed by atoms with E-state index in [-0.39, 0.29) is 17.2 Å². The lowest BCUT2D eigenvalue weighted by Crippen LogP contribution is -2.28. The SMILES string of the molecule is O=C(c1ccccc1[N+](=O)[O-])N1CCCC1. The van der Waals surface area contributed by atoms with Crippen molar-refractivity contribution in [3.63, 3.8) is 0 Å². The second-order valence-electron chi connectivity index (χ2n) is 3.77. The van der Waals surface area contributed by atoms with E-state index in [1.54, 1.807) is 17.0 Å². The van der Waals surface area contributed by atoms with Gasteiger partial charge >= 0.3 is 0 Å². The first kappa shape index (κ1) is 10.6. The Balaban J connectivity index is 2.32. The molecule has 0 aliphatic carbocycles. The van der Waals surface area contributed by atoms with E-state index in [1.807, 2.05) is 0 Å². The fraction of sp³-hybridized carbons (Fsp3) is 0.364. The minimum absolute atomic E-state index is 0.112. The second-order valence-corrected chi connectivity index (χ2v) is 3.77. The number of nitro groups is 1. The fourth-order valence-corrected chi connectivity index (χ4v) is 1.90. The second kappa shape index (κ2) is 4.30. The van der Waals surface area contributed by atoms with Crippen LogP contribution in [0.5, 0.6) is 0 Å². The lowest BCUT2D eigenvalue weighted by molar-refractivity contribution is -0.385. The number of rotatable bonds is 2. The molecule has 0 aromatic heterocycles. The summed E-state index contributed by atoms with van der Waals surface area (Å²) in [6, 6.07) is 6.09. The number of para-hydroxylation sites is 1. The van der Waals surface area contributed by atoms with Crippen LogP contribution in [-0.4, -0.2) is 28.8 Å². The summed E-state index contributed by atoms with van der Waals surface area (Å²) >= 11 is 0. The molecule has 5 nitrogen and oxygen atoms in total. The third-order valence-corrected chi connectivity index (χ3v) is 2.72. The zero-order chi connectivity index (χ0) is 11.5. The van der Waals surface area contributed by atoms with Gasteiger partial charge < -0.3 is 4.90 Å². The summed E-state index contributed by atoms with van der Waals surface area (Å²) in [6.07, 6.45) is 1.96. The van der Waals surface area contributed by atoms with Crippen molar-refractivity contribution >= 4 is 11.6 Å². The van der Waals surface area contributed by atoms with Gasteiger partial charge in [0.25, 0.3) is 11.6 Å². The Hall–Kier alpha value is -1.91. The van der Waals surface area contributed by atoms with Crippen LogP contribution < -0.4 is 0 Å². The number of hydrogen-bond donors (Lipinski definition) is 0. The molecular formula is C11H12N2O3. The average molecular weight is 220 g/mol. The minimum atomic E-state index is -0.511. The number of benzene rings is 1. The molecule has 1 aliphatic heterocycles. The number of hydrogen-bond acceptors (Lipinski definition) is 3. The molecule has 0 unspecified atom stereocenters. The monoisotopic (exact) mass is 220 g/mol. The number of carbonyl (C=O) groups is 1. The van der Waals surface area contributed by atoms with Gasteiger partial charge in [-0.3, -0.25) is 14.9 Å². The Labute approximate surface area is 92.8 Å². The van der Waals surface area contributed by atoms with Gasteiger partial charge in [-0.1, -0.05) is 12.1 Å². The minimum Gasteiger partial charge on any atom is -0.338 e. The molecule has 0 saturated carbocycles. The highest BCUT2D eigenvalue weighted by molar-refractivity contribution is 5.98. The van der Waals surface area contributed by atoms with Gasteiger partial charge in [0.2, 0.25) is 0 Å². The van der Waals surface area contributed by atoms with Crippen LogP contribution in [0.4, 0.5) is 5.69 Å². The van der Waals surface area contributed by atoms with E-state index in [0.717, 1.165) is 12.8 Å². The van der Waals surface area contributed by atoms with Crippen molar-refractivity contribution in [2.75, 3.05) is 13.1 Å².